The highest BCUT2D eigenvalue weighted by molar-refractivity contribution is 7.29. The summed E-state index contributed by atoms with van der Waals surface area (Å²) < 4.78 is 1.56. The quantitative estimate of drug-likeness (QED) is 0.329. The Hall–Kier alpha value is -3.22. The first-order chi connectivity index (χ1) is 14.9. The normalized spacial score (nSPS) is 12.1. The second kappa shape index (κ2) is 11.8. The van der Waals surface area contributed by atoms with Gasteiger partial charge in [-0.1, -0.05) is 60.7 Å². The molecule has 0 aliphatic rings. The molecule has 31 heavy (non-hydrogen) atoms. The molecule has 0 spiro atoms. The summed E-state index contributed by atoms with van der Waals surface area (Å²) in [7, 11) is 0.0833. The fraction of sp³-hybridized carbons (Fsp3) is 0.227. The molecule has 3 rings (SSSR count). The summed E-state index contributed by atoms with van der Waals surface area (Å²) in [6, 6.07) is 9.92. The number of rotatable bonds is 7. The van der Waals surface area contributed by atoms with E-state index >= 15 is 0 Å². The second-order valence-electron chi connectivity index (χ2n) is 6.67. The van der Waals surface area contributed by atoms with Crippen molar-refractivity contribution >= 4 is 31.7 Å². The molecular weight excluding hydrogens is 411 g/mol. The van der Waals surface area contributed by atoms with Crippen LogP contribution in [0.2, 0.25) is 0 Å². The van der Waals surface area contributed by atoms with Gasteiger partial charge in [0.25, 0.3) is 0 Å². The van der Waals surface area contributed by atoms with Gasteiger partial charge in [-0.3, -0.25) is 4.57 Å². The second-order valence-corrected chi connectivity index (χ2v) is 7.11. The number of imidazole rings is 1. The Balaban J connectivity index is 0.00000107. The Labute approximate surface area is 183 Å². The zero-order chi connectivity index (χ0) is 22.8. The van der Waals surface area contributed by atoms with Crippen LogP contribution in [0.3, 0.4) is 0 Å². The van der Waals surface area contributed by atoms with Crippen LogP contribution in [-0.4, -0.2) is 31.1 Å². The van der Waals surface area contributed by atoms with E-state index in [-0.39, 0.29) is 20.3 Å². The maximum absolute atomic E-state index is 12.5. The highest BCUT2D eigenvalue weighted by atomic mass is 31.1. The number of fused-ring (bicyclic) bond motifs is 1. The zero-order valence-corrected chi connectivity index (χ0v) is 19.0. The Kier molecular flexibility index (Phi) is 9.18. The molecule has 0 bridgehead atoms. The molecule has 1 aromatic carbocycles. The largest absolute Gasteiger partial charge is 0.382 e. The van der Waals surface area contributed by atoms with E-state index in [0.29, 0.717) is 30.2 Å². The van der Waals surface area contributed by atoms with E-state index in [2.05, 4.69) is 26.8 Å². The first-order valence-electron chi connectivity index (χ1n) is 9.74. The van der Waals surface area contributed by atoms with Gasteiger partial charge in [0.05, 0.1) is 6.54 Å². The number of nitrogens with one attached hydrogen (secondary N) is 2. The van der Waals surface area contributed by atoms with Crippen LogP contribution in [0.1, 0.15) is 19.4 Å². The van der Waals surface area contributed by atoms with Crippen molar-refractivity contribution in [2.45, 2.75) is 26.9 Å². The van der Waals surface area contributed by atoms with Crippen LogP contribution in [-0.2, 0) is 13.1 Å². The lowest BCUT2D eigenvalue weighted by Gasteiger charge is -2.08. The van der Waals surface area contributed by atoms with E-state index in [9.17, 15) is 4.79 Å². The molecule has 1 atom stereocenters. The Bertz CT molecular complexity index is 1130. The zero-order valence-electron chi connectivity index (χ0n) is 18.0. The number of hydrogen-bond donors (Lipinski definition) is 4. The molecular formula is C22H29N6O2P. The third-order valence-corrected chi connectivity index (χ3v) is 4.39. The minimum Gasteiger partial charge on any atom is -0.382 e. The number of aromatic amines is 1. The van der Waals surface area contributed by atoms with Gasteiger partial charge in [-0.25, -0.2) is 4.79 Å². The molecule has 3 aromatic rings. The SMILES string of the molecule is C=C/C(C)=C\C(=C/C)Cn1c(=O)[nH]c2c(N)nc(NCc3ccccc3)nc21.CPO. The Morgan fingerprint density at radius 3 is 2.65 bits per heavy atom. The number of anilines is 2. The molecule has 0 saturated carbocycles. The molecule has 2 aromatic heterocycles. The molecule has 5 N–H and O–H groups in total. The van der Waals surface area contributed by atoms with Crippen molar-refractivity contribution in [3.8, 4) is 0 Å². The number of nitrogens with zero attached hydrogens (tertiary/aromatic N) is 3. The smallest absolute Gasteiger partial charge is 0.328 e. The molecule has 9 heteroatoms. The van der Waals surface area contributed by atoms with E-state index in [0.717, 1.165) is 16.7 Å². The molecule has 0 fully saturated rings. The predicted molar refractivity (Wildman–Crippen MR) is 130 cm³/mol. The molecule has 2 heterocycles. The van der Waals surface area contributed by atoms with E-state index in [4.69, 9.17) is 10.6 Å². The average molecular weight is 440 g/mol. The fourth-order valence-electron chi connectivity index (χ4n) is 2.81. The van der Waals surface area contributed by atoms with Crippen molar-refractivity contribution in [2.75, 3.05) is 17.7 Å². The molecule has 0 aliphatic carbocycles. The van der Waals surface area contributed by atoms with Crippen LogP contribution >= 0.6 is 8.81 Å². The minimum atomic E-state index is -0.278. The van der Waals surface area contributed by atoms with Crippen LogP contribution in [0.5, 0.6) is 0 Å². The molecule has 0 saturated heterocycles. The fourth-order valence-corrected chi connectivity index (χ4v) is 2.81. The average Bonchev–Trinajstić information content (AvgIpc) is 3.08. The lowest BCUT2D eigenvalue weighted by molar-refractivity contribution is 0.651. The van der Waals surface area contributed by atoms with Gasteiger partial charge >= 0.3 is 5.69 Å². The van der Waals surface area contributed by atoms with E-state index in [1.165, 1.54) is 0 Å². The van der Waals surface area contributed by atoms with Gasteiger partial charge in [0.1, 0.15) is 5.52 Å². The van der Waals surface area contributed by atoms with Crippen LogP contribution in [0.4, 0.5) is 11.8 Å². The number of allylic oxidation sites excluding steroid dienone is 5. The third kappa shape index (κ3) is 6.64. The third-order valence-electron chi connectivity index (χ3n) is 4.39. The molecule has 0 aliphatic heterocycles. The van der Waals surface area contributed by atoms with Crippen molar-refractivity contribution in [1.29, 1.82) is 0 Å². The number of nitrogen functional groups attached to an aromatic ring is 1. The molecule has 1 unspecified atom stereocenters. The van der Waals surface area contributed by atoms with Crippen molar-refractivity contribution < 1.29 is 4.89 Å². The van der Waals surface area contributed by atoms with Crippen molar-refractivity contribution in [2.24, 2.45) is 0 Å². The van der Waals surface area contributed by atoms with Crippen molar-refractivity contribution in [1.82, 2.24) is 19.5 Å². The number of H-pyrrole nitrogens is 1. The topological polar surface area (TPSA) is 122 Å². The maximum atomic E-state index is 12.5. The van der Waals surface area contributed by atoms with Crippen LogP contribution in [0, 0.1) is 0 Å². The van der Waals surface area contributed by atoms with Gasteiger partial charge in [-0.15, -0.1) is 0 Å². The summed E-state index contributed by atoms with van der Waals surface area (Å²) in [5, 5.41) is 3.17. The van der Waals surface area contributed by atoms with E-state index in [1.54, 1.807) is 17.3 Å². The van der Waals surface area contributed by atoms with E-state index < -0.39 is 0 Å². The van der Waals surface area contributed by atoms with Gasteiger partial charge in [0.2, 0.25) is 5.95 Å². The maximum Gasteiger partial charge on any atom is 0.328 e. The monoisotopic (exact) mass is 440 g/mol. The predicted octanol–water partition coefficient (Wildman–Crippen LogP) is 3.59. The lowest BCUT2D eigenvalue weighted by Crippen LogP contribution is -2.18. The molecule has 0 radical (unpaired) electrons. The minimum absolute atomic E-state index is 0.0833. The summed E-state index contributed by atoms with van der Waals surface area (Å²) in [6.07, 6.45) is 5.71. The molecule has 164 valence electrons. The highest BCUT2D eigenvalue weighted by Gasteiger charge is 2.14. The lowest BCUT2D eigenvalue weighted by atomic mass is 10.1. The van der Waals surface area contributed by atoms with Crippen molar-refractivity contribution in [3.63, 3.8) is 0 Å². The summed E-state index contributed by atoms with van der Waals surface area (Å²) in [4.78, 5) is 31.6. The van der Waals surface area contributed by atoms with Gasteiger partial charge < -0.3 is 20.9 Å². The van der Waals surface area contributed by atoms with Gasteiger partial charge in [-0.05, 0) is 31.6 Å². The van der Waals surface area contributed by atoms with Crippen LogP contribution < -0.4 is 16.7 Å². The first kappa shape index (κ1) is 24.1. The van der Waals surface area contributed by atoms with E-state index in [1.807, 2.05) is 56.3 Å². The summed E-state index contributed by atoms with van der Waals surface area (Å²) in [6.45, 7) is 10.3. The van der Waals surface area contributed by atoms with Crippen molar-refractivity contribution in [3.05, 3.63) is 82.3 Å². The van der Waals surface area contributed by atoms with Gasteiger partial charge in [0.15, 0.2) is 11.5 Å². The molecule has 0 amide bonds. The summed E-state index contributed by atoms with van der Waals surface area (Å²) in [5.74, 6) is 0.609. The summed E-state index contributed by atoms with van der Waals surface area (Å²) >= 11 is 0. The number of aromatic nitrogens is 4. The summed E-state index contributed by atoms with van der Waals surface area (Å²) in [5.41, 5.74) is 9.77. The molecule has 8 nitrogen and oxygen atoms in total. The highest BCUT2D eigenvalue weighted by Crippen LogP contribution is 2.18. The van der Waals surface area contributed by atoms with Crippen LogP contribution in [0.15, 0.2) is 71.1 Å². The number of hydrogen-bond acceptors (Lipinski definition) is 6. The van der Waals surface area contributed by atoms with Gasteiger partial charge in [-0.2, -0.15) is 9.97 Å². The first-order valence-corrected chi connectivity index (χ1v) is 11.2. The van der Waals surface area contributed by atoms with Gasteiger partial charge in [0, 0.05) is 15.4 Å². The number of benzene rings is 1. The number of nitrogens with two attached hydrogens (primary N) is 1. The Morgan fingerprint density at radius 2 is 2.03 bits per heavy atom. The Morgan fingerprint density at radius 1 is 1.35 bits per heavy atom. The standard InChI is InChI=1S/C21H24N6O.CH5OP/c1-4-14(3)11-15(5-2)13-27-19-17(24-21(27)28)18(22)25-20(26-19)23-12-16-9-7-6-8-10-16;1-3-2/h4-11H,1,12-13H2,2-3H3,(H,24,28)(H3,22,23,25,26);2-3H,1H3/b14-11-,15-5+;. The van der Waals surface area contributed by atoms with Crippen LogP contribution in [0.25, 0.3) is 11.2 Å².